The molecule has 2 aromatic heterocycles. The zero-order valence-electron chi connectivity index (χ0n) is 13.9. The molecule has 0 aliphatic rings. The Morgan fingerprint density at radius 3 is 2.73 bits per heavy atom. The Hall–Kier alpha value is -2.03. The van der Waals surface area contributed by atoms with Gasteiger partial charge in [-0.25, -0.2) is 0 Å². The lowest BCUT2D eigenvalue weighted by atomic mass is 10.1. The van der Waals surface area contributed by atoms with Gasteiger partial charge in [0.1, 0.15) is 5.75 Å². The SMILES string of the molecule is CCCOc1ccc2c3ccnc(C)c3n(CC(C)C)c2c1. The Balaban J connectivity index is 2.26. The number of rotatable bonds is 5. The molecule has 3 aromatic rings. The minimum Gasteiger partial charge on any atom is -0.494 e. The van der Waals surface area contributed by atoms with E-state index >= 15 is 0 Å². The van der Waals surface area contributed by atoms with Gasteiger partial charge in [-0.3, -0.25) is 4.98 Å². The van der Waals surface area contributed by atoms with Crippen molar-refractivity contribution in [3.63, 3.8) is 0 Å². The second-order valence-corrected chi connectivity index (χ2v) is 6.32. The van der Waals surface area contributed by atoms with E-state index < -0.39 is 0 Å². The van der Waals surface area contributed by atoms with Crippen LogP contribution in [0, 0.1) is 12.8 Å². The molecule has 1 aromatic carbocycles. The zero-order chi connectivity index (χ0) is 15.7. The van der Waals surface area contributed by atoms with E-state index in [4.69, 9.17) is 4.74 Å². The zero-order valence-corrected chi connectivity index (χ0v) is 13.9. The Morgan fingerprint density at radius 2 is 2.00 bits per heavy atom. The number of ether oxygens (including phenoxy) is 1. The number of fused-ring (bicyclic) bond motifs is 3. The second-order valence-electron chi connectivity index (χ2n) is 6.32. The highest BCUT2D eigenvalue weighted by Crippen LogP contribution is 2.33. The van der Waals surface area contributed by atoms with E-state index in [1.807, 2.05) is 6.20 Å². The van der Waals surface area contributed by atoms with E-state index in [0.717, 1.165) is 31.0 Å². The van der Waals surface area contributed by atoms with Gasteiger partial charge in [0.25, 0.3) is 0 Å². The van der Waals surface area contributed by atoms with Crippen LogP contribution < -0.4 is 4.74 Å². The van der Waals surface area contributed by atoms with E-state index in [-0.39, 0.29) is 0 Å². The fourth-order valence-electron chi connectivity index (χ4n) is 3.06. The van der Waals surface area contributed by atoms with Crippen LogP contribution in [0.5, 0.6) is 5.75 Å². The summed E-state index contributed by atoms with van der Waals surface area (Å²) in [5.74, 6) is 1.53. The molecule has 0 amide bonds. The van der Waals surface area contributed by atoms with E-state index in [1.54, 1.807) is 0 Å². The van der Waals surface area contributed by atoms with Crippen LogP contribution in [0.4, 0.5) is 0 Å². The highest BCUT2D eigenvalue weighted by Gasteiger charge is 2.14. The van der Waals surface area contributed by atoms with Crippen molar-refractivity contribution < 1.29 is 4.74 Å². The first-order valence-corrected chi connectivity index (χ1v) is 8.12. The molecule has 0 fully saturated rings. The van der Waals surface area contributed by atoms with Crippen molar-refractivity contribution >= 4 is 21.8 Å². The van der Waals surface area contributed by atoms with Crippen molar-refractivity contribution in [2.45, 2.75) is 40.7 Å². The molecule has 0 atom stereocenters. The Labute approximate surface area is 131 Å². The van der Waals surface area contributed by atoms with E-state index in [0.29, 0.717) is 5.92 Å². The molecular formula is C19H24N2O. The first-order valence-electron chi connectivity index (χ1n) is 8.12. The van der Waals surface area contributed by atoms with Gasteiger partial charge in [0.2, 0.25) is 0 Å². The van der Waals surface area contributed by atoms with E-state index in [2.05, 4.69) is 61.5 Å². The lowest BCUT2D eigenvalue weighted by molar-refractivity contribution is 0.317. The second kappa shape index (κ2) is 5.99. The molecule has 22 heavy (non-hydrogen) atoms. The molecule has 3 nitrogen and oxygen atoms in total. The molecule has 0 N–H and O–H groups in total. The minimum atomic E-state index is 0.582. The first-order chi connectivity index (χ1) is 10.6. The lowest BCUT2D eigenvalue weighted by Crippen LogP contribution is -2.05. The monoisotopic (exact) mass is 296 g/mol. The predicted octanol–water partition coefficient (Wildman–Crippen LogP) is 4.94. The van der Waals surface area contributed by atoms with E-state index in [9.17, 15) is 0 Å². The Morgan fingerprint density at radius 1 is 1.18 bits per heavy atom. The van der Waals surface area contributed by atoms with Crippen molar-refractivity contribution in [3.8, 4) is 5.75 Å². The van der Waals surface area contributed by atoms with Crippen LogP contribution in [-0.4, -0.2) is 16.2 Å². The molecule has 0 radical (unpaired) electrons. The van der Waals surface area contributed by atoms with Crippen LogP contribution in [0.3, 0.4) is 0 Å². The molecule has 0 saturated heterocycles. The Kier molecular flexibility index (Phi) is 4.06. The number of aromatic nitrogens is 2. The summed E-state index contributed by atoms with van der Waals surface area (Å²) in [5.41, 5.74) is 3.58. The number of hydrogen-bond donors (Lipinski definition) is 0. The fraction of sp³-hybridized carbons (Fsp3) is 0.421. The molecular weight excluding hydrogens is 272 g/mol. The van der Waals surface area contributed by atoms with Crippen LogP contribution >= 0.6 is 0 Å². The van der Waals surface area contributed by atoms with Gasteiger partial charge in [-0.2, -0.15) is 0 Å². The predicted molar refractivity (Wildman–Crippen MR) is 92.6 cm³/mol. The standard InChI is InChI=1S/C19H24N2O/c1-5-10-22-15-6-7-16-17-8-9-20-14(4)19(17)21(12-13(2)3)18(16)11-15/h6-9,11,13H,5,10,12H2,1-4H3. The van der Waals surface area contributed by atoms with Crippen molar-refractivity contribution in [1.82, 2.24) is 9.55 Å². The summed E-state index contributed by atoms with van der Waals surface area (Å²) in [4.78, 5) is 4.49. The van der Waals surface area contributed by atoms with Crippen LogP contribution in [0.2, 0.25) is 0 Å². The molecule has 116 valence electrons. The van der Waals surface area contributed by atoms with Crippen molar-refractivity contribution in [3.05, 3.63) is 36.2 Å². The summed E-state index contributed by atoms with van der Waals surface area (Å²) in [6.07, 6.45) is 2.92. The highest BCUT2D eigenvalue weighted by molar-refractivity contribution is 6.09. The minimum absolute atomic E-state index is 0.582. The third-order valence-electron chi connectivity index (χ3n) is 3.95. The van der Waals surface area contributed by atoms with Crippen LogP contribution in [-0.2, 0) is 6.54 Å². The molecule has 0 spiro atoms. The topological polar surface area (TPSA) is 27.1 Å². The molecule has 3 heteroatoms. The van der Waals surface area contributed by atoms with Gasteiger partial charge in [-0.1, -0.05) is 20.8 Å². The summed E-state index contributed by atoms with van der Waals surface area (Å²) in [7, 11) is 0. The maximum absolute atomic E-state index is 5.82. The maximum atomic E-state index is 5.82. The third-order valence-corrected chi connectivity index (χ3v) is 3.95. The number of hydrogen-bond acceptors (Lipinski definition) is 2. The van der Waals surface area contributed by atoms with Gasteiger partial charge in [0.15, 0.2) is 0 Å². The molecule has 0 unspecified atom stereocenters. The van der Waals surface area contributed by atoms with Crippen LogP contribution in [0.15, 0.2) is 30.5 Å². The maximum Gasteiger partial charge on any atom is 0.121 e. The van der Waals surface area contributed by atoms with Gasteiger partial charge >= 0.3 is 0 Å². The average molecular weight is 296 g/mol. The number of pyridine rings is 1. The van der Waals surface area contributed by atoms with Crippen molar-refractivity contribution in [2.24, 2.45) is 5.92 Å². The molecule has 0 bridgehead atoms. The Bertz CT molecular complexity index is 802. The first kappa shape index (κ1) is 14.9. The summed E-state index contributed by atoms with van der Waals surface area (Å²) in [6, 6.07) is 8.55. The van der Waals surface area contributed by atoms with Crippen molar-refractivity contribution in [1.29, 1.82) is 0 Å². The highest BCUT2D eigenvalue weighted by atomic mass is 16.5. The van der Waals surface area contributed by atoms with Gasteiger partial charge < -0.3 is 9.30 Å². The van der Waals surface area contributed by atoms with Crippen LogP contribution in [0.25, 0.3) is 21.8 Å². The summed E-state index contributed by atoms with van der Waals surface area (Å²) >= 11 is 0. The summed E-state index contributed by atoms with van der Waals surface area (Å²) in [5, 5.41) is 2.56. The summed E-state index contributed by atoms with van der Waals surface area (Å²) in [6.45, 7) is 10.5. The largest absolute Gasteiger partial charge is 0.494 e. The quantitative estimate of drug-likeness (QED) is 0.666. The molecule has 0 saturated carbocycles. The average Bonchev–Trinajstić information content (AvgIpc) is 2.80. The molecule has 0 aliphatic carbocycles. The van der Waals surface area contributed by atoms with Gasteiger partial charge in [-0.15, -0.1) is 0 Å². The lowest BCUT2D eigenvalue weighted by Gasteiger charge is -2.12. The van der Waals surface area contributed by atoms with Gasteiger partial charge in [-0.05, 0) is 37.5 Å². The number of benzene rings is 1. The third kappa shape index (κ3) is 2.56. The van der Waals surface area contributed by atoms with Gasteiger partial charge in [0, 0.05) is 29.6 Å². The number of nitrogens with zero attached hydrogens (tertiary/aromatic N) is 2. The van der Waals surface area contributed by atoms with Crippen molar-refractivity contribution in [2.75, 3.05) is 6.61 Å². The molecule has 2 heterocycles. The fourth-order valence-corrected chi connectivity index (χ4v) is 3.06. The smallest absolute Gasteiger partial charge is 0.121 e. The molecule has 3 rings (SSSR count). The number of aryl methyl sites for hydroxylation is 1. The summed E-state index contributed by atoms with van der Waals surface area (Å²) < 4.78 is 8.22. The van der Waals surface area contributed by atoms with E-state index in [1.165, 1.54) is 21.8 Å². The van der Waals surface area contributed by atoms with Gasteiger partial charge in [0.05, 0.1) is 23.3 Å². The molecule has 0 aliphatic heterocycles. The van der Waals surface area contributed by atoms with Crippen LogP contribution in [0.1, 0.15) is 32.9 Å². The normalized spacial score (nSPS) is 11.7.